The molecule has 1 nitrogen and oxygen atoms in total. The second-order valence-electron chi connectivity index (χ2n) is 4.13. The molecule has 0 saturated carbocycles. The van der Waals surface area contributed by atoms with Crippen LogP contribution in [0.1, 0.15) is 11.1 Å². The molecule has 0 aromatic heterocycles. The van der Waals surface area contributed by atoms with Crippen LogP contribution in [-0.4, -0.2) is 5.11 Å². The van der Waals surface area contributed by atoms with Crippen LogP contribution in [0.5, 0.6) is 5.75 Å². The average molecular weight is 291 g/mol. The Morgan fingerprint density at radius 2 is 1.53 bits per heavy atom. The van der Waals surface area contributed by atoms with Crippen LogP contribution >= 0.6 is 23.2 Å². The number of hydrogen-bond donors (Lipinski definition) is 1. The van der Waals surface area contributed by atoms with Gasteiger partial charge in [0, 0.05) is 15.6 Å². The summed E-state index contributed by atoms with van der Waals surface area (Å²) in [5.74, 6) is 0.215. The fourth-order valence-electron chi connectivity index (χ4n) is 1.73. The van der Waals surface area contributed by atoms with E-state index in [-0.39, 0.29) is 5.75 Å². The van der Waals surface area contributed by atoms with Gasteiger partial charge in [0.1, 0.15) is 5.75 Å². The number of aromatic hydroxyl groups is 1. The van der Waals surface area contributed by atoms with E-state index in [4.69, 9.17) is 23.2 Å². The fourth-order valence-corrected chi connectivity index (χ4v) is 2.26. The molecule has 0 spiro atoms. The first kappa shape index (κ1) is 13.7. The molecule has 0 atom stereocenters. The van der Waals surface area contributed by atoms with Gasteiger partial charge in [0.2, 0.25) is 0 Å². The molecule has 96 valence electrons. The maximum atomic E-state index is 9.28. The number of benzene rings is 2. The predicted octanol–water partition coefficient (Wildman–Crippen LogP) is 5.43. The van der Waals surface area contributed by atoms with Crippen LogP contribution in [0.25, 0.3) is 11.1 Å². The molecule has 0 aliphatic carbocycles. The molecule has 0 amide bonds. The van der Waals surface area contributed by atoms with Gasteiger partial charge in [-0.25, -0.2) is 0 Å². The van der Waals surface area contributed by atoms with E-state index in [1.54, 1.807) is 36.4 Å². The summed E-state index contributed by atoms with van der Waals surface area (Å²) in [6, 6.07) is 12.0. The molecular formula is C16H12Cl2O. The molecule has 0 unspecified atom stereocenters. The molecule has 2 rings (SSSR count). The Labute approximate surface area is 122 Å². The van der Waals surface area contributed by atoms with Crippen molar-refractivity contribution in [1.82, 2.24) is 0 Å². The van der Waals surface area contributed by atoms with Gasteiger partial charge >= 0.3 is 0 Å². The van der Waals surface area contributed by atoms with E-state index in [1.165, 1.54) is 0 Å². The highest BCUT2D eigenvalue weighted by Crippen LogP contribution is 2.34. The van der Waals surface area contributed by atoms with Crippen LogP contribution < -0.4 is 0 Å². The number of hydrogen-bond acceptors (Lipinski definition) is 1. The van der Waals surface area contributed by atoms with Crippen LogP contribution in [0.3, 0.4) is 0 Å². The molecule has 19 heavy (non-hydrogen) atoms. The first-order valence-corrected chi connectivity index (χ1v) is 6.37. The number of phenolic OH excluding ortho intramolecular Hbond substituents is 1. The second kappa shape index (κ2) is 5.52. The highest BCUT2D eigenvalue weighted by molar-refractivity contribution is 6.36. The Kier molecular flexibility index (Phi) is 3.98. The molecule has 0 aliphatic heterocycles. The first-order valence-electron chi connectivity index (χ1n) is 5.62. The van der Waals surface area contributed by atoms with E-state index >= 15 is 0 Å². The Morgan fingerprint density at radius 1 is 0.895 bits per heavy atom. The van der Waals surface area contributed by atoms with Crippen molar-refractivity contribution in [3.63, 3.8) is 0 Å². The molecular weight excluding hydrogens is 279 g/mol. The van der Waals surface area contributed by atoms with Crippen molar-refractivity contribution < 1.29 is 5.11 Å². The lowest BCUT2D eigenvalue weighted by Crippen LogP contribution is -1.89. The summed E-state index contributed by atoms with van der Waals surface area (Å²) in [4.78, 5) is 0. The van der Waals surface area contributed by atoms with Gasteiger partial charge in [0.25, 0.3) is 0 Å². The fraction of sp³-hybridized carbons (Fsp3) is 0. The summed E-state index contributed by atoms with van der Waals surface area (Å²) in [5, 5.41) is 10.4. The average Bonchev–Trinajstić information content (AvgIpc) is 2.38. The highest BCUT2D eigenvalue weighted by Gasteiger charge is 2.10. The maximum absolute atomic E-state index is 9.28. The molecule has 0 fully saturated rings. The van der Waals surface area contributed by atoms with E-state index in [0.717, 1.165) is 22.3 Å². The summed E-state index contributed by atoms with van der Waals surface area (Å²) in [6.07, 6.45) is 0. The zero-order valence-corrected chi connectivity index (χ0v) is 11.7. The SMILES string of the molecule is C=C(C(=C)c1ccc(Cl)cc1Cl)c1ccc(O)cc1. The minimum Gasteiger partial charge on any atom is -0.508 e. The molecule has 0 radical (unpaired) electrons. The third-order valence-corrected chi connectivity index (χ3v) is 3.38. The van der Waals surface area contributed by atoms with Crippen molar-refractivity contribution in [1.29, 1.82) is 0 Å². The normalized spacial score (nSPS) is 10.2. The Bertz CT molecular complexity index is 642. The minimum absolute atomic E-state index is 0.215. The largest absolute Gasteiger partial charge is 0.508 e. The van der Waals surface area contributed by atoms with Gasteiger partial charge in [-0.1, -0.05) is 54.6 Å². The zero-order chi connectivity index (χ0) is 14.0. The summed E-state index contributed by atoms with van der Waals surface area (Å²) in [5.41, 5.74) is 3.16. The topological polar surface area (TPSA) is 20.2 Å². The molecule has 0 aliphatic rings. The predicted molar refractivity (Wildman–Crippen MR) is 82.6 cm³/mol. The lowest BCUT2D eigenvalue weighted by atomic mass is 9.95. The quantitative estimate of drug-likeness (QED) is 0.748. The number of halogens is 2. The minimum atomic E-state index is 0.215. The van der Waals surface area contributed by atoms with Crippen molar-refractivity contribution in [2.24, 2.45) is 0 Å². The molecule has 0 heterocycles. The molecule has 2 aromatic carbocycles. The summed E-state index contributed by atoms with van der Waals surface area (Å²) in [6.45, 7) is 8.05. The van der Waals surface area contributed by atoms with Gasteiger partial charge in [-0.15, -0.1) is 0 Å². The monoisotopic (exact) mass is 290 g/mol. The van der Waals surface area contributed by atoms with E-state index in [2.05, 4.69) is 13.2 Å². The van der Waals surface area contributed by atoms with Crippen molar-refractivity contribution in [3.8, 4) is 5.75 Å². The van der Waals surface area contributed by atoms with Crippen molar-refractivity contribution in [2.75, 3.05) is 0 Å². The van der Waals surface area contributed by atoms with Gasteiger partial charge in [-0.2, -0.15) is 0 Å². The summed E-state index contributed by atoms with van der Waals surface area (Å²) < 4.78 is 0. The van der Waals surface area contributed by atoms with Crippen LogP contribution in [0.4, 0.5) is 0 Å². The van der Waals surface area contributed by atoms with Crippen LogP contribution in [0.15, 0.2) is 55.6 Å². The highest BCUT2D eigenvalue weighted by atomic mass is 35.5. The van der Waals surface area contributed by atoms with Crippen molar-refractivity contribution >= 4 is 34.3 Å². The lowest BCUT2D eigenvalue weighted by Gasteiger charge is -2.12. The molecule has 2 aromatic rings. The van der Waals surface area contributed by atoms with E-state index in [0.29, 0.717) is 10.0 Å². The number of phenols is 1. The second-order valence-corrected chi connectivity index (χ2v) is 4.97. The van der Waals surface area contributed by atoms with E-state index in [1.807, 2.05) is 6.07 Å². The van der Waals surface area contributed by atoms with Crippen LogP contribution in [0, 0.1) is 0 Å². The van der Waals surface area contributed by atoms with Crippen LogP contribution in [0.2, 0.25) is 10.0 Å². The smallest absolute Gasteiger partial charge is 0.115 e. The third kappa shape index (κ3) is 3.01. The Morgan fingerprint density at radius 3 is 2.11 bits per heavy atom. The van der Waals surface area contributed by atoms with Gasteiger partial charge in [-0.05, 0) is 41.0 Å². The Balaban J connectivity index is 2.33. The van der Waals surface area contributed by atoms with E-state index in [9.17, 15) is 5.11 Å². The summed E-state index contributed by atoms with van der Waals surface area (Å²) in [7, 11) is 0. The van der Waals surface area contributed by atoms with Crippen molar-refractivity contribution in [2.45, 2.75) is 0 Å². The van der Waals surface area contributed by atoms with Gasteiger partial charge in [0.15, 0.2) is 0 Å². The third-order valence-electron chi connectivity index (χ3n) is 2.84. The van der Waals surface area contributed by atoms with Crippen LogP contribution in [-0.2, 0) is 0 Å². The molecule has 3 heteroatoms. The number of rotatable bonds is 3. The first-order chi connectivity index (χ1) is 8.99. The van der Waals surface area contributed by atoms with Crippen molar-refractivity contribution in [3.05, 3.63) is 76.8 Å². The zero-order valence-electron chi connectivity index (χ0n) is 10.2. The molecule has 1 N–H and O–H groups in total. The Hall–Kier alpha value is -1.70. The van der Waals surface area contributed by atoms with Gasteiger partial charge < -0.3 is 5.11 Å². The maximum Gasteiger partial charge on any atom is 0.115 e. The molecule has 0 bridgehead atoms. The standard InChI is InChI=1S/C16H12Cl2O/c1-10(12-3-6-14(19)7-4-12)11(2)15-8-5-13(17)9-16(15)18/h3-9,19H,1-2H2. The molecule has 0 saturated heterocycles. The van der Waals surface area contributed by atoms with Gasteiger partial charge in [0.05, 0.1) is 0 Å². The summed E-state index contributed by atoms with van der Waals surface area (Å²) >= 11 is 12.0. The van der Waals surface area contributed by atoms with Gasteiger partial charge in [-0.3, -0.25) is 0 Å². The number of allylic oxidation sites excluding steroid dienone is 2. The lowest BCUT2D eigenvalue weighted by molar-refractivity contribution is 0.475. The van der Waals surface area contributed by atoms with E-state index < -0.39 is 0 Å².